The highest BCUT2D eigenvalue weighted by atomic mass is 19.1. The fraction of sp³-hybridized carbons (Fsp3) is 0.200. The molecule has 0 spiro atoms. The van der Waals surface area contributed by atoms with E-state index in [2.05, 4.69) is 6.58 Å². The SMILES string of the molecule is C=C(C)[C@@H](N)c1cccc(F)c1. The maximum absolute atomic E-state index is 12.7. The van der Waals surface area contributed by atoms with Gasteiger partial charge in [0.15, 0.2) is 0 Å². The second kappa shape index (κ2) is 3.50. The molecule has 2 N–H and O–H groups in total. The summed E-state index contributed by atoms with van der Waals surface area (Å²) in [6, 6.07) is 6.00. The smallest absolute Gasteiger partial charge is 0.123 e. The van der Waals surface area contributed by atoms with Crippen LogP contribution in [-0.2, 0) is 0 Å². The largest absolute Gasteiger partial charge is 0.321 e. The quantitative estimate of drug-likeness (QED) is 0.669. The molecule has 0 heterocycles. The van der Waals surface area contributed by atoms with E-state index in [-0.39, 0.29) is 11.9 Å². The average molecular weight is 165 g/mol. The third-order valence-corrected chi connectivity index (χ3v) is 1.74. The first-order chi connectivity index (χ1) is 5.61. The molecule has 1 aromatic rings. The molecular formula is C10H12FN. The van der Waals surface area contributed by atoms with Crippen molar-refractivity contribution >= 4 is 0 Å². The molecule has 1 nitrogen and oxygen atoms in total. The number of hydrogen-bond donors (Lipinski definition) is 1. The highest BCUT2D eigenvalue weighted by Gasteiger charge is 2.05. The van der Waals surface area contributed by atoms with Crippen molar-refractivity contribution in [2.75, 3.05) is 0 Å². The maximum atomic E-state index is 12.7. The Morgan fingerprint density at radius 2 is 2.25 bits per heavy atom. The minimum absolute atomic E-state index is 0.260. The molecule has 0 aromatic heterocycles. The molecule has 0 aliphatic rings. The highest BCUT2D eigenvalue weighted by Crippen LogP contribution is 2.17. The van der Waals surface area contributed by atoms with E-state index < -0.39 is 0 Å². The van der Waals surface area contributed by atoms with Gasteiger partial charge in [-0.2, -0.15) is 0 Å². The van der Waals surface area contributed by atoms with Crippen molar-refractivity contribution in [3.8, 4) is 0 Å². The molecule has 0 aliphatic heterocycles. The Morgan fingerprint density at radius 3 is 2.75 bits per heavy atom. The van der Waals surface area contributed by atoms with Gasteiger partial charge in [-0.15, -0.1) is 0 Å². The Hall–Kier alpha value is -1.15. The van der Waals surface area contributed by atoms with Crippen LogP contribution in [0.1, 0.15) is 18.5 Å². The first kappa shape index (κ1) is 8.94. The molecule has 0 radical (unpaired) electrons. The molecular weight excluding hydrogens is 153 g/mol. The zero-order valence-corrected chi connectivity index (χ0v) is 7.05. The number of hydrogen-bond acceptors (Lipinski definition) is 1. The molecule has 0 unspecified atom stereocenters. The molecule has 12 heavy (non-hydrogen) atoms. The third kappa shape index (κ3) is 1.92. The second-order valence-electron chi connectivity index (χ2n) is 2.88. The fourth-order valence-electron chi connectivity index (χ4n) is 0.985. The van der Waals surface area contributed by atoms with Crippen molar-refractivity contribution in [3.63, 3.8) is 0 Å². The highest BCUT2D eigenvalue weighted by molar-refractivity contribution is 5.25. The van der Waals surface area contributed by atoms with E-state index >= 15 is 0 Å². The van der Waals surface area contributed by atoms with E-state index in [0.717, 1.165) is 11.1 Å². The van der Waals surface area contributed by atoms with Crippen LogP contribution in [0.25, 0.3) is 0 Å². The molecule has 2 heteroatoms. The van der Waals surface area contributed by atoms with E-state index in [1.807, 2.05) is 6.92 Å². The Kier molecular flexibility index (Phi) is 2.61. The van der Waals surface area contributed by atoms with Gasteiger partial charge in [-0.25, -0.2) is 4.39 Å². The van der Waals surface area contributed by atoms with Crippen LogP contribution in [-0.4, -0.2) is 0 Å². The molecule has 0 aliphatic carbocycles. The van der Waals surface area contributed by atoms with E-state index in [4.69, 9.17) is 5.73 Å². The number of nitrogens with two attached hydrogens (primary N) is 1. The normalized spacial score (nSPS) is 12.6. The number of rotatable bonds is 2. The minimum atomic E-state index is -0.263. The summed E-state index contributed by atoms with van der Waals surface area (Å²) in [5.41, 5.74) is 7.34. The van der Waals surface area contributed by atoms with Crippen LogP contribution in [0.15, 0.2) is 36.4 Å². The molecule has 1 rings (SSSR count). The molecule has 1 atom stereocenters. The third-order valence-electron chi connectivity index (χ3n) is 1.74. The lowest BCUT2D eigenvalue weighted by molar-refractivity contribution is 0.623. The molecule has 1 aromatic carbocycles. The summed E-state index contributed by atoms with van der Waals surface area (Å²) in [6.07, 6.45) is 0. The number of benzene rings is 1. The second-order valence-corrected chi connectivity index (χ2v) is 2.88. The Labute approximate surface area is 71.7 Å². The van der Waals surface area contributed by atoms with Crippen molar-refractivity contribution in [1.29, 1.82) is 0 Å². The van der Waals surface area contributed by atoms with Gasteiger partial charge < -0.3 is 5.73 Å². The average Bonchev–Trinajstić information content (AvgIpc) is 2.03. The number of halogens is 1. The molecule has 0 saturated carbocycles. The van der Waals surface area contributed by atoms with Gasteiger partial charge in [-0.3, -0.25) is 0 Å². The van der Waals surface area contributed by atoms with Crippen molar-refractivity contribution < 1.29 is 4.39 Å². The predicted octanol–water partition coefficient (Wildman–Crippen LogP) is 2.40. The molecule has 0 saturated heterocycles. The Balaban J connectivity index is 2.95. The van der Waals surface area contributed by atoms with Crippen LogP contribution in [0, 0.1) is 5.82 Å². The Morgan fingerprint density at radius 1 is 1.58 bits per heavy atom. The maximum Gasteiger partial charge on any atom is 0.123 e. The van der Waals surface area contributed by atoms with Crippen LogP contribution < -0.4 is 5.73 Å². The zero-order valence-electron chi connectivity index (χ0n) is 7.05. The lowest BCUT2D eigenvalue weighted by Crippen LogP contribution is -2.10. The lowest BCUT2D eigenvalue weighted by atomic mass is 10.0. The van der Waals surface area contributed by atoms with E-state index in [1.165, 1.54) is 12.1 Å². The minimum Gasteiger partial charge on any atom is -0.321 e. The van der Waals surface area contributed by atoms with Crippen molar-refractivity contribution in [3.05, 3.63) is 47.8 Å². The van der Waals surface area contributed by atoms with Crippen LogP contribution in [0.5, 0.6) is 0 Å². The molecule has 0 amide bonds. The summed E-state index contributed by atoms with van der Waals surface area (Å²) in [4.78, 5) is 0. The summed E-state index contributed by atoms with van der Waals surface area (Å²) < 4.78 is 12.7. The van der Waals surface area contributed by atoms with Crippen LogP contribution in [0.2, 0.25) is 0 Å². The van der Waals surface area contributed by atoms with E-state index in [9.17, 15) is 4.39 Å². The predicted molar refractivity (Wildman–Crippen MR) is 48.1 cm³/mol. The van der Waals surface area contributed by atoms with Gasteiger partial charge in [-0.05, 0) is 24.6 Å². The summed E-state index contributed by atoms with van der Waals surface area (Å²) >= 11 is 0. The summed E-state index contributed by atoms with van der Waals surface area (Å²) in [7, 11) is 0. The Bertz CT molecular complexity index is 294. The van der Waals surface area contributed by atoms with Gasteiger partial charge in [0, 0.05) is 0 Å². The summed E-state index contributed by atoms with van der Waals surface area (Å²) in [5, 5.41) is 0. The fourth-order valence-corrected chi connectivity index (χ4v) is 0.985. The topological polar surface area (TPSA) is 26.0 Å². The van der Waals surface area contributed by atoms with E-state index in [0.29, 0.717) is 0 Å². The van der Waals surface area contributed by atoms with Gasteiger partial charge in [0.1, 0.15) is 5.82 Å². The summed E-state index contributed by atoms with van der Waals surface area (Å²) in [6.45, 7) is 5.54. The van der Waals surface area contributed by atoms with Gasteiger partial charge in [0.2, 0.25) is 0 Å². The standard InChI is InChI=1S/C10H12FN/c1-7(2)10(12)8-4-3-5-9(11)6-8/h3-6,10H,1,12H2,2H3/t10-/m1/s1. The van der Waals surface area contributed by atoms with Gasteiger partial charge in [0.25, 0.3) is 0 Å². The monoisotopic (exact) mass is 165 g/mol. The molecule has 64 valence electrons. The van der Waals surface area contributed by atoms with Crippen LogP contribution in [0.3, 0.4) is 0 Å². The van der Waals surface area contributed by atoms with Gasteiger partial charge >= 0.3 is 0 Å². The first-order valence-corrected chi connectivity index (χ1v) is 3.77. The van der Waals surface area contributed by atoms with Crippen molar-refractivity contribution in [1.82, 2.24) is 0 Å². The van der Waals surface area contributed by atoms with Gasteiger partial charge in [-0.1, -0.05) is 24.3 Å². The first-order valence-electron chi connectivity index (χ1n) is 3.77. The summed E-state index contributed by atoms with van der Waals surface area (Å²) in [5.74, 6) is -0.260. The van der Waals surface area contributed by atoms with Crippen molar-refractivity contribution in [2.24, 2.45) is 5.73 Å². The zero-order chi connectivity index (χ0) is 9.14. The van der Waals surface area contributed by atoms with E-state index in [1.54, 1.807) is 12.1 Å². The molecule has 0 fully saturated rings. The van der Waals surface area contributed by atoms with Gasteiger partial charge in [0.05, 0.1) is 6.04 Å². The van der Waals surface area contributed by atoms with Crippen molar-refractivity contribution in [2.45, 2.75) is 13.0 Å². The van der Waals surface area contributed by atoms with Crippen LogP contribution in [0.4, 0.5) is 4.39 Å². The van der Waals surface area contributed by atoms with Crippen LogP contribution >= 0.6 is 0 Å². The lowest BCUT2D eigenvalue weighted by Gasteiger charge is -2.10. The molecule has 0 bridgehead atoms.